The first-order chi connectivity index (χ1) is 4.74. The van der Waals surface area contributed by atoms with Gasteiger partial charge in [0.25, 0.3) is 0 Å². The number of aliphatic hydroxyl groups excluding tert-OH is 1. The molecule has 1 aliphatic heterocycles. The number of aliphatic hydroxyl groups is 1. The second-order valence-corrected chi connectivity index (χ2v) is 2.60. The highest BCUT2D eigenvalue weighted by Crippen LogP contribution is 2.15. The Morgan fingerprint density at radius 1 is 1.90 bits per heavy atom. The Morgan fingerprint density at radius 3 is 2.90 bits per heavy atom. The lowest BCUT2D eigenvalue weighted by atomic mass is 10.1. The third-order valence-corrected chi connectivity index (χ3v) is 1.70. The number of oxime groups is 1. The summed E-state index contributed by atoms with van der Waals surface area (Å²) in [5.74, 6) is 0. The number of nitrogens with zero attached hydrogens (tertiary/aromatic N) is 1. The molecule has 0 unspecified atom stereocenters. The van der Waals surface area contributed by atoms with Gasteiger partial charge in [-0.05, 0) is 13.3 Å². The largest absolute Gasteiger partial charge is 0.389 e. The van der Waals surface area contributed by atoms with E-state index in [9.17, 15) is 0 Å². The van der Waals surface area contributed by atoms with Gasteiger partial charge in [-0.15, -0.1) is 0 Å². The van der Waals surface area contributed by atoms with Gasteiger partial charge in [0, 0.05) is 6.42 Å². The van der Waals surface area contributed by atoms with Crippen LogP contribution in [0, 0.1) is 0 Å². The fourth-order valence-corrected chi connectivity index (χ4v) is 0.917. The van der Waals surface area contributed by atoms with E-state index in [1.54, 1.807) is 6.92 Å². The van der Waals surface area contributed by atoms with Crippen LogP contribution in [-0.4, -0.2) is 23.0 Å². The second-order valence-electron chi connectivity index (χ2n) is 2.60. The van der Waals surface area contributed by atoms with Crippen molar-refractivity contribution < 1.29 is 9.94 Å². The molecule has 3 heteroatoms. The SMILES string of the molecule is CCC1=NO[C@H]([C@@H](C)O)C1. The standard InChI is InChI=1S/C7H13NO2/c1-3-6-4-7(5(2)9)10-8-6/h5,7,9H,3-4H2,1-2H3/t5-,7+/m1/s1. The normalized spacial score (nSPS) is 27.5. The first-order valence-electron chi connectivity index (χ1n) is 3.63. The Bertz CT molecular complexity index is 143. The Balaban J connectivity index is 2.36. The summed E-state index contributed by atoms with van der Waals surface area (Å²) in [4.78, 5) is 4.96. The lowest BCUT2D eigenvalue weighted by Crippen LogP contribution is -2.22. The number of rotatable bonds is 2. The van der Waals surface area contributed by atoms with Crippen molar-refractivity contribution in [1.82, 2.24) is 0 Å². The lowest BCUT2D eigenvalue weighted by Gasteiger charge is -2.09. The molecular weight excluding hydrogens is 130 g/mol. The quantitative estimate of drug-likeness (QED) is 0.624. The van der Waals surface area contributed by atoms with Crippen molar-refractivity contribution in [3.05, 3.63) is 0 Å². The molecule has 2 atom stereocenters. The van der Waals surface area contributed by atoms with Crippen molar-refractivity contribution in [3.63, 3.8) is 0 Å². The fourth-order valence-electron chi connectivity index (χ4n) is 0.917. The van der Waals surface area contributed by atoms with Crippen molar-refractivity contribution in [2.75, 3.05) is 0 Å². The third-order valence-electron chi connectivity index (χ3n) is 1.70. The molecule has 0 saturated carbocycles. The van der Waals surface area contributed by atoms with E-state index in [1.165, 1.54) is 0 Å². The van der Waals surface area contributed by atoms with Gasteiger partial charge in [-0.2, -0.15) is 0 Å². The molecule has 0 fully saturated rings. The van der Waals surface area contributed by atoms with Gasteiger partial charge in [0.2, 0.25) is 0 Å². The van der Waals surface area contributed by atoms with Crippen LogP contribution >= 0.6 is 0 Å². The van der Waals surface area contributed by atoms with Crippen LogP contribution in [0.25, 0.3) is 0 Å². The fraction of sp³-hybridized carbons (Fsp3) is 0.857. The zero-order valence-electron chi connectivity index (χ0n) is 6.37. The van der Waals surface area contributed by atoms with Crippen molar-refractivity contribution in [2.24, 2.45) is 5.16 Å². The molecule has 0 bridgehead atoms. The maximum Gasteiger partial charge on any atom is 0.158 e. The van der Waals surface area contributed by atoms with Crippen LogP contribution in [0.15, 0.2) is 5.16 Å². The maximum atomic E-state index is 9.07. The second kappa shape index (κ2) is 3.01. The summed E-state index contributed by atoms with van der Waals surface area (Å²) < 4.78 is 0. The molecule has 0 aliphatic carbocycles. The summed E-state index contributed by atoms with van der Waals surface area (Å²) in [6.07, 6.45) is 1.19. The molecule has 58 valence electrons. The van der Waals surface area contributed by atoms with E-state index in [1.807, 2.05) is 6.92 Å². The average Bonchev–Trinajstić information content (AvgIpc) is 2.34. The summed E-state index contributed by atoms with van der Waals surface area (Å²) in [7, 11) is 0. The first-order valence-corrected chi connectivity index (χ1v) is 3.63. The first kappa shape index (κ1) is 7.54. The highest BCUT2D eigenvalue weighted by Gasteiger charge is 2.23. The summed E-state index contributed by atoms with van der Waals surface area (Å²) >= 11 is 0. The van der Waals surface area contributed by atoms with E-state index in [0.717, 1.165) is 18.6 Å². The van der Waals surface area contributed by atoms with E-state index >= 15 is 0 Å². The van der Waals surface area contributed by atoms with Crippen LogP contribution in [0.3, 0.4) is 0 Å². The van der Waals surface area contributed by atoms with E-state index in [0.29, 0.717) is 0 Å². The highest BCUT2D eigenvalue weighted by atomic mass is 16.6. The van der Waals surface area contributed by atoms with Gasteiger partial charge < -0.3 is 9.94 Å². The van der Waals surface area contributed by atoms with Crippen LogP contribution in [0.4, 0.5) is 0 Å². The molecule has 0 saturated heterocycles. The average molecular weight is 143 g/mol. The minimum atomic E-state index is -0.409. The predicted octanol–water partition coefficient (Wildman–Crippen LogP) is 0.922. The Labute approximate surface area is 60.7 Å². The van der Waals surface area contributed by atoms with Crippen molar-refractivity contribution in [1.29, 1.82) is 0 Å². The minimum Gasteiger partial charge on any atom is -0.389 e. The van der Waals surface area contributed by atoms with Crippen molar-refractivity contribution >= 4 is 5.71 Å². The van der Waals surface area contributed by atoms with E-state index in [4.69, 9.17) is 9.94 Å². The van der Waals surface area contributed by atoms with Crippen LogP contribution in [-0.2, 0) is 4.84 Å². The zero-order valence-corrected chi connectivity index (χ0v) is 6.37. The molecule has 1 heterocycles. The molecule has 1 aliphatic rings. The van der Waals surface area contributed by atoms with Gasteiger partial charge in [0.1, 0.15) is 0 Å². The monoisotopic (exact) mass is 143 g/mol. The molecule has 1 N–H and O–H groups in total. The summed E-state index contributed by atoms with van der Waals surface area (Å²) in [5.41, 5.74) is 1.05. The number of hydrogen-bond donors (Lipinski definition) is 1. The van der Waals surface area contributed by atoms with Crippen LogP contribution in [0.1, 0.15) is 26.7 Å². The molecule has 0 spiro atoms. The van der Waals surface area contributed by atoms with Crippen LogP contribution in [0.5, 0.6) is 0 Å². The highest BCUT2D eigenvalue weighted by molar-refractivity contribution is 5.85. The molecule has 0 radical (unpaired) electrons. The van der Waals surface area contributed by atoms with Gasteiger partial charge in [0.15, 0.2) is 6.10 Å². The Hall–Kier alpha value is -0.570. The molecule has 3 nitrogen and oxygen atoms in total. The molecule has 0 aromatic carbocycles. The van der Waals surface area contributed by atoms with Gasteiger partial charge in [0.05, 0.1) is 11.8 Å². The Kier molecular flexibility index (Phi) is 2.27. The number of hydrogen-bond acceptors (Lipinski definition) is 3. The molecule has 1 rings (SSSR count). The van der Waals surface area contributed by atoms with Gasteiger partial charge >= 0.3 is 0 Å². The zero-order chi connectivity index (χ0) is 7.56. The molecule has 0 amide bonds. The lowest BCUT2D eigenvalue weighted by molar-refractivity contribution is -0.00780. The van der Waals surface area contributed by atoms with Crippen LogP contribution in [0.2, 0.25) is 0 Å². The Morgan fingerprint density at radius 2 is 2.60 bits per heavy atom. The van der Waals surface area contributed by atoms with Gasteiger partial charge in [-0.1, -0.05) is 12.1 Å². The van der Waals surface area contributed by atoms with Crippen molar-refractivity contribution in [3.8, 4) is 0 Å². The minimum absolute atomic E-state index is 0.102. The van der Waals surface area contributed by atoms with E-state index < -0.39 is 6.10 Å². The maximum absolute atomic E-state index is 9.07. The molecule has 0 aromatic heterocycles. The van der Waals surface area contributed by atoms with E-state index in [2.05, 4.69) is 5.16 Å². The summed E-state index contributed by atoms with van der Waals surface area (Å²) in [5, 5.41) is 12.9. The summed E-state index contributed by atoms with van der Waals surface area (Å²) in [6.45, 7) is 3.76. The molecule has 0 aromatic rings. The smallest absolute Gasteiger partial charge is 0.158 e. The summed E-state index contributed by atoms with van der Waals surface area (Å²) in [6, 6.07) is 0. The molecular formula is C7H13NO2. The van der Waals surface area contributed by atoms with Crippen molar-refractivity contribution in [2.45, 2.75) is 38.9 Å². The topological polar surface area (TPSA) is 41.8 Å². The van der Waals surface area contributed by atoms with E-state index in [-0.39, 0.29) is 6.10 Å². The van der Waals surface area contributed by atoms with Crippen LogP contribution < -0.4 is 0 Å². The molecule has 10 heavy (non-hydrogen) atoms. The third kappa shape index (κ3) is 1.48. The van der Waals surface area contributed by atoms with Gasteiger partial charge in [-0.3, -0.25) is 0 Å². The predicted molar refractivity (Wildman–Crippen MR) is 38.9 cm³/mol. The van der Waals surface area contributed by atoms with Gasteiger partial charge in [-0.25, -0.2) is 0 Å².